The number of ether oxygens (including phenoxy) is 3. The van der Waals surface area contributed by atoms with E-state index in [-0.39, 0.29) is 12.4 Å². The van der Waals surface area contributed by atoms with E-state index in [1.807, 2.05) is 0 Å². The molecule has 0 aliphatic carbocycles. The van der Waals surface area contributed by atoms with Gasteiger partial charge in [0.25, 0.3) is 0 Å². The van der Waals surface area contributed by atoms with Gasteiger partial charge in [-0.15, -0.1) is 0 Å². The fourth-order valence-corrected chi connectivity index (χ4v) is 1.57. The second kappa shape index (κ2) is 6.93. The van der Waals surface area contributed by atoms with Crippen molar-refractivity contribution in [3.63, 3.8) is 0 Å². The fourth-order valence-electron chi connectivity index (χ4n) is 1.57. The first-order chi connectivity index (χ1) is 8.56. The van der Waals surface area contributed by atoms with E-state index in [0.717, 1.165) is 0 Å². The highest BCUT2D eigenvalue weighted by molar-refractivity contribution is 5.64. The maximum absolute atomic E-state index is 13.7. The number of carbonyl (C=O) groups excluding carboxylic acids is 1. The van der Waals surface area contributed by atoms with E-state index in [1.54, 1.807) is 25.1 Å². The van der Waals surface area contributed by atoms with Crippen LogP contribution < -0.4 is 5.73 Å². The van der Waals surface area contributed by atoms with Crippen molar-refractivity contribution >= 4 is 6.09 Å². The number of nitrogens with two attached hydrogens (primary N) is 1. The van der Waals surface area contributed by atoms with Gasteiger partial charge in [-0.3, -0.25) is 0 Å². The maximum Gasteiger partial charge on any atom is 0.404 e. The molecule has 0 spiro atoms. The van der Waals surface area contributed by atoms with Crippen LogP contribution in [0.1, 0.15) is 18.6 Å². The molecule has 6 heteroatoms. The Kier molecular flexibility index (Phi) is 5.54. The van der Waals surface area contributed by atoms with Gasteiger partial charge in [-0.1, -0.05) is 18.2 Å². The molecule has 0 radical (unpaired) electrons. The fraction of sp³-hybridized carbons (Fsp3) is 0.417. The zero-order valence-corrected chi connectivity index (χ0v) is 10.3. The average Bonchev–Trinajstić information content (AvgIpc) is 2.31. The molecule has 0 aromatic heterocycles. The van der Waals surface area contributed by atoms with Crippen molar-refractivity contribution in [1.29, 1.82) is 0 Å². The van der Waals surface area contributed by atoms with E-state index in [1.165, 1.54) is 13.2 Å². The van der Waals surface area contributed by atoms with Gasteiger partial charge >= 0.3 is 6.09 Å². The summed E-state index contributed by atoms with van der Waals surface area (Å²) in [5, 5.41) is 0. The molecular formula is C12H16FNO4. The molecule has 2 atom stereocenters. The standard InChI is InChI=1S/C12H16FNO4/c1-8(18-12(14)15)11(17-7-16-2)9-5-3-4-6-10(9)13/h3-6,8,11H,7H2,1-2H3,(H2,14,15)/t8-,11+/m0/s1. The molecule has 0 aliphatic heterocycles. The van der Waals surface area contributed by atoms with Gasteiger partial charge in [0.15, 0.2) is 0 Å². The third kappa shape index (κ3) is 3.97. The number of halogens is 1. The first kappa shape index (κ1) is 14.4. The minimum atomic E-state index is -0.940. The zero-order valence-electron chi connectivity index (χ0n) is 10.3. The Hall–Kier alpha value is -1.66. The van der Waals surface area contributed by atoms with Crippen LogP contribution in [0, 0.1) is 5.82 Å². The molecule has 1 aromatic rings. The van der Waals surface area contributed by atoms with Crippen LogP contribution in [0.2, 0.25) is 0 Å². The molecule has 5 nitrogen and oxygen atoms in total. The lowest BCUT2D eigenvalue weighted by molar-refractivity contribution is -0.112. The summed E-state index contributed by atoms with van der Waals surface area (Å²) in [6.07, 6.45) is -2.45. The van der Waals surface area contributed by atoms with Gasteiger partial charge in [0.05, 0.1) is 0 Å². The van der Waals surface area contributed by atoms with Crippen molar-refractivity contribution in [2.24, 2.45) is 5.73 Å². The van der Waals surface area contributed by atoms with Gasteiger partial charge in [0, 0.05) is 12.7 Å². The van der Waals surface area contributed by atoms with E-state index in [0.29, 0.717) is 0 Å². The molecule has 0 aliphatic rings. The molecule has 0 heterocycles. The van der Waals surface area contributed by atoms with Crippen molar-refractivity contribution in [2.45, 2.75) is 19.1 Å². The summed E-state index contributed by atoms with van der Waals surface area (Å²) in [5.74, 6) is -0.446. The summed E-state index contributed by atoms with van der Waals surface area (Å²) in [6.45, 7) is 1.52. The minimum Gasteiger partial charge on any atom is -0.444 e. The summed E-state index contributed by atoms with van der Waals surface area (Å²) >= 11 is 0. The quantitative estimate of drug-likeness (QED) is 0.791. The van der Waals surface area contributed by atoms with Crippen molar-refractivity contribution < 1.29 is 23.4 Å². The van der Waals surface area contributed by atoms with Crippen molar-refractivity contribution in [3.8, 4) is 0 Å². The molecule has 0 bridgehead atoms. The lowest BCUT2D eigenvalue weighted by Crippen LogP contribution is -2.28. The Morgan fingerprint density at radius 1 is 1.44 bits per heavy atom. The van der Waals surface area contributed by atoms with Gasteiger partial charge in [-0.2, -0.15) is 0 Å². The molecule has 1 rings (SSSR count). The molecule has 0 unspecified atom stereocenters. The van der Waals surface area contributed by atoms with Crippen LogP contribution in [-0.4, -0.2) is 26.1 Å². The van der Waals surface area contributed by atoms with Gasteiger partial charge in [-0.05, 0) is 13.0 Å². The van der Waals surface area contributed by atoms with E-state index >= 15 is 0 Å². The van der Waals surface area contributed by atoms with Crippen LogP contribution in [0.5, 0.6) is 0 Å². The second-order valence-corrected chi connectivity index (χ2v) is 3.66. The van der Waals surface area contributed by atoms with Crippen LogP contribution in [0.4, 0.5) is 9.18 Å². The predicted octanol–water partition coefficient (Wildman–Crippen LogP) is 1.97. The number of primary amides is 1. The van der Waals surface area contributed by atoms with Gasteiger partial charge < -0.3 is 19.9 Å². The largest absolute Gasteiger partial charge is 0.444 e. The van der Waals surface area contributed by atoms with Crippen LogP contribution in [0.3, 0.4) is 0 Å². The molecule has 100 valence electrons. The lowest BCUT2D eigenvalue weighted by Gasteiger charge is -2.24. The number of hydrogen-bond donors (Lipinski definition) is 1. The topological polar surface area (TPSA) is 70.8 Å². The molecule has 2 N–H and O–H groups in total. The lowest BCUT2D eigenvalue weighted by atomic mass is 10.0. The summed E-state index contributed by atoms with van der Waals surface area (Å²) in [5.41, 5.74) is 5.22. The summed E-state index contributed by atoms with van der Waals surface area (Å²) < 4.78 is 28.6. The number of carbonyl (C=O) groups is 1. The highest BCUT2D eigenvalue weighted by Gasteiger charge is 2.25. The Morgan fingerprint density at radius 2 is 2.11 bits per heavy atom. The number of benzene rings is 1. The Balaban J connectivity index is 2.90. The van der Waals surface area contributed by atoms with E-state index in [2.05, 4.69) is 0 Å². The number of rotatable bonds is 6. The molecule has 1 amide bonds. The van der Waals surface area contributed by atoms with Crippen molar-refractivity contribution in [3.05, 3.63) is 35.6 Å². The van der Waals surface area contributed by atoms with Crippen LogP contribution >= 0.6 is 0 Å². The van der Waals surface area contributed by atoms with Gasteiger partial charge in [0.1, 0.15) is 24.8 Å². The molecule has 0 saturated carbocycles. The Morgan fingerprint density at radius 3 is 2.67 bits per heavy atom. The monoisotopic (exact) mass is 257 g/mol. The zero-order chi connectivity index (χ0) is 13.5. The molecule has 0 fully saturated rings. The molecule has 0 saturated heterocycles. The first-order valence-electron chi connectivity index (χ1n) is 5.37. The predicted molar refractivity (Wildman–Crippen MR) is 62.2 cm³/mol. The third-order valence-corrected chi connectivity index (χ3v) is 2.31. The summed E-state index contributed by atoms with van der Waals surface area (Å²) in [6, 6.07) is 6.08. The molecule has 18 heavy (non-hydrogen) atoms. The van der Waals surface area contributed by atoms with E-state index in [9.17, 15) is 9.18 Å². The molecular weight excluding hydrogens is 241 g/mol. The summed E-state index contributed by atoms with van der Waals surface area (Å²) in [7, 11) is 1.44. The average molecular weight is 257 g/mol. The third-order valence-electron chi connectivity index (χ3n) is 2.31. The van der Waals surface area contributed by atoms with Crippen LogP contribution in [0.25, 0.3) is 0 Å². The number of amides is 1. The van der Waals surface area contributed by atoms with E-state index < -0.39 is 24.1 Å². The van der Waals surface area contributed by atoms with Gasteiger partial charge in [0.2, 0.25) is 0 Å². The maximum atomic E-state index is 13.7. The van der Waals surface area contributed by atoms with Crippen molar-refractivity contribution in [1.82, 2.24) is 0 Å². The SMILES string of the molecule is COCO[C@@H](c1ccccc1F)[C@H](C)OC(N)=O. The first-order valence-corrected chi connectivity index (χ1v) is 5.37. The smallest absolute Gasteiger partial charge is 0.404 e. The summed E-state index contributed by atoms with van der Waals surface area (Å²) in [4.78, 5) is 10.7. The highest BCUT2D eigenvalue weighted by atomic mass is 19.1. The van der Waals surface area contributed by atoms with Gasteiger partial charge in [-0.25, -0.2) is 9.18 Å². The molecule has 1 aromatic carbocycles. The van der Waals surface area contributed by atoms with Crippen molar-refractivity contribution in [2.75, 3.05) is 13.9 Å². The number of methoxy groups -OCH3 is 1. The normalized spacial score (nSPS) is 13.9. The Bertz CT molecular complexity index is 399. The Labute approximate surface area is 105 Å². The van der Waals surface area contributed by atoms with Crippen LogP contribution in [-0.2, 0) is 14.2 Å². The van der Waals surface area contributed by atoms with E-state index in [4.69, 9.17) is 19.9 Å². The highest BCUT2D eigenvalue weighted by Crippen LogP contribution is 2.25. The minimum absolute atomic E-state index is 0.0501. The second-order valence-electron chi connectivity index (χ2n) is 3.66. The van der Waals surface area contributed by atoms with Crippen LogP contribution in [0.15, 0.2) is 24.3 Å². The number of hydrogen-bond acceptors (Lipinski definition) is 4.